The predicted octanol–water partition coefficient (Wildman–Crippen LogP) is 4.25. The number of nitrogens with zero attached hydrogens (tertiary/aromatic N) is 2. The fraction of sp³-hybridized carbons (Fsp3) is 0.278. The maximum Gasteiger partial charge on any atom is 0.319 e. The van der Waals surface area contributed by atoms with Crippen LogP contribution in [-0.2, 0) is 0 Å². The molecule has 0 aliphatic rings. The molecule has 0 radical (unpaired) electrons. The van der Waals surface area contributed by atoms with Gasteiger partial charge in [0.1, 0.15) is 0 Å². The Morgan fingerprint density at radius 3 is 2.88 bits per heavy atom. The Bertz CT molecular complexity index is 816. The molecule has 0 aliphatic heterocycles. The highest BCUT2D eigenvalue weighted by atomic mass is 32.1. The third kappa shape index (κ3) is 3.89. The molecule has 0 bridgehead atoms. The van der Waals surface area contributed by atoms with Gasteiger partial charge in [0.2, 0.25) is 0 Å². The number of fused-ring (bicyclic) bond motifs is 1. The van der Waals surface area contributed by atoms with Gasteiger partial charge in [-0.05, 0) is 47.3 Å². The molecular weight excluding hydrogens is 320 g/mol. The largest absolute Gasteiger partial charge is 0.337 e. The number of carbonyl (C=O) groups is 1. The molecule has 2 amide bonds. The Morgan fingerprint density at radius 2 is 2.12 bits per heavy atom. The predicted molar refractivity (Wildman–Crippen MR) is 98.5 cm³/mol. The van der Waals surface area contributed by atoms with Crippen LogP contribution in [0.25, 0.3) is 10.1 Å². The van der Waals surface area contributed by atoms with Crippen molar-refractivity contribution in [1.82, 2.24) is 14.7 Å². The summed E-state index contributed by atoms with van der Waals surface area (Å²) in [6, 6.07) is 9.56. The molecule has 0 fully saturated rings. The molecule has 1 atom stereocenters. The lowest BCUT2D eigenvalue weighted by atomic mass is 9.89. The third-order valence-corrected chi connectivity index (χ3v) is 4.79. The molecule has 0 saturated heterocycles. The van der Waals surface area contributed by atoms with Crippen molar-refractivity contribution >= 4 is 33.3 Å². The number of hydrogen-bond acceptors (Lipinski definition) is 4. The number of pyridine rings is 1. The summed E-state index contributed by atoms with van der Waals surface area (Å²) in [5.74, 6) is 0.635. The van der Waals surface area contributed by atoms with Crippen molar-refractivity contribution in [3.8, 4) is 0 Å². The fourth-order valence-electron chi connectivity index (χ4n) is 2.66. The lowest BCUT2D eigenvalue weighted by Gasteiger charge is -2.21. The number of nitrogens with one attached hydrogen (secondary N) is 2. The zero-order chi connectivity index (χ0) is 16.9. The maximum atomic E-state index is 12.2. The molecule has 5 nitrogen and oxygen atoms in total. The van der Waals surface area contributed by atoms with E-state index in [4.69, 9.17) is 0 Å². The van der Waals surface area contributed by atoms with E-state index in [1.807, 2.05) is 30.5 Å². The van der Waals surface area contributed by atoms with E-state index < -0.39 is 0 Å². The molecule has 2 aromatic heterocycles. The van der Waals surface area contributed by atoms with Crippen molar-refractivity contribution in [2.24, 2.45) is 5.92 Å². The zero-order valence-electron chi connectivity index (χ0n) is 13.7. The summed E-state index contributed by atoms with van der Waals surface area (Å²) in [5, 5.41) is 6.88. The third-order valence-electron chi connectivity index (χ3n) is 4.01. The molecule has 0 aliphatic carbocycles. The van der Waals surface area contributed by atoms with Gasteiger partial charge >= 0.3 is 6.03 Å². The Balaban J connectivity index is 1.61. The van der Waals surface area contributed by atoms with E-state index in [0.29, 0.717) is 12.5 Å². The van der Waals surface area contributed by atoms with Crippen LogP contribution in [0.5, 0.6) is 0 Å². The second-order valence-electron chi connectivity index (χ2n) is 6.05. The van der Waals surface area contributed by atoms with Crippen LogP contribution in [0.4, 0.5) is 10.5 Å². The van der Waals surface area contributed by atoms with Crippen LogP contribution < -0.4 is 10.6 Å². The maximum absolute atomic E-state index is 12.2. The lowest BCUT2D eigenvalue weighted by molar-refractivity contribution is 0.250. The second kappa shape index (κ2) is 7.40. The van der Waals surface area contributed by atoms with Gasteiger partial charge in [0.25, 0.3) is 0 Å². The van der Waals surface area contributed by atoms with Crippen LogP contribution in [0.2, 0.25) is 0 Å². The first-order valence-electron chi connectivity index (χ1n) is 7.92. The number of aromatic nitrogens is 2. The van der Waals surface area contributed by atoms with Gasteiger partial charge in [-0.1, -0.05) is 19.9 Å². The van der Waals surface area contributed by atoms with E-state index in [1.54, 1.807) is 12.4 Å². The van der Waals surface area contributed by atoms with Gasteiger partial charge in [0.15, 0.2) is 0 Å². The summed E-state index contributed by atoms with van der Waals surface area (Å²) in [7, 11) is 0. The van der Waals surface area contributed by atoms with Crippen LogP contribution in [-0.4, -0.2) is 21.9 Å². The number of anilines is 1. The smallest absolute Gasteiger partial charge is 0.319 e. The first-order valence-corrected chi connectivity index (χ1v) is 8.70. The number of urea groups is 1. The number of hydrogen-bond donors (Lipinski definition) is 2. The Hall–Kier alpha value is -2.47. The van der Waals surface area contributed by atoms with Gasteiger partial charge in [0.05, 0.1) is 4.70 Å². The highest BCUT2D eigenvalue weighted by Gasteiger charge is 2.17. The molecule has 3 aromatic rings. The van der Waals surface area contributed by atoms with Gasteiger partial charge in [-0.2, -0.15) is 4.37 Å². The number of amides is 2. The second-order valence-corrected chi connectivity index (χ2v) is 6.88. The number of rotatable bonds is 5. The van der Waals surface area contributed by atoms with Crippen molar-refractivity contribution < 1.29 is 4.79 Å². The zero-order valence-corrected chi connectivity index (χ0v) is 14.5. The van der Waals surface area contributed by atoms with E-state index in [2.05, 4.69) is 39.9 Å². The summed E-state index contributed by atoms with van der Waals surface area (Å²) < 4.78 is 5.25. The quantitative estimate of drug-likeness (QED) is 0.729. The first kappa shape index (κ1) is 16.4. The van der Waals surface area contributed by atoms with E-state index in [9.17, 15) is 4.79 Å². The van der Waals surface area contributed by atoms with Crippen LogP contribution in [0.15, 0.2) is 48.9 Å². The van der Waals surface area contributed by atoms with E-state index in [-0.39, 0.29) is 11.9 Å². The molecule has 2 N–H and O–H groups in total. The lowest BCUT2D eigenvalue weighted by Crippen LogP contribution is -2.33. The normalized spacial score (nSPS) is 12.3. The Kier molecular flexibility index (Phi) is 5.05. The van der Waals surface area contributed by atoms with Crippen molar-refractivity contribution in [3.05, 3.63) is 54.5 Å². The average molecular weight is 340 g/mol. The van der Waals surface area contributed by atoms with E-state index in [1.165, 1.54) is 11.5 Å². The van der Waals surface area contributed by atoms with E-state index in [0.717, 1.165) is 21.3 Å². The topological polar surface area (TPSA) is 66.9 Å². The summed E-state index contributed by atoms with van der Waals surface area (Å²) in [6.07, 6.45) is 5.43. The molecule has 1 aromatic carbocycles. The van der Waals surface area contributed by atoms with Crippen LogP contribution >= 0.6 is 11.5 Å². The fourth-order valence-corrected chi connectivity index (χ4v) is 3.29. The van der Waals surface area contributed by atoms with Crippen molar-refractivity contribution in [1.29, 1.82) is 0 Å². The molecule has 3 rings (SSSR count). The van der Waals surface area contributed by atoms with E-state index >= 15 is 0 Å². The van der Waals surface area contributed by atoms with Gasteiger partial charge < -0.3 is 10.6 Å². The molecule has 124 valence electrons. The van der Waals surface area contributed by atoms with Crippen molar-refractivity contribution in [2.45, 2.75) is 19.8 Å². The van der Waals surface area contributed by atoms with Crippen molar-refractivity contribution in [3.63, 3.8) is 0 Å². The monoisotopic (exact) mass is 340 g/mol. The van der Waals surface area contributed by atoms with Crippen LogP contribution in [0.1, 0.15) is 25.3 Å². The molecule has 6 heteroatoms. The van der Waals surface area contributed by atoms with Gasteiger partial charge in [0, 0.05) is 42.1 Å². The minimum Gasteiger partial charge on any atom is -0.337 e. The average Bonchev–Trinajstić information content (AvgIpc) is 3.03. The molecule has 24 heavy (non-hydrogen) atoms. The minimum atomic E-state index is -0.202. The van der Waals surface area contributed by atoms with Crippen LogP contribution in [0.3, 0.4) is 0 Å². The highest BCUT2D eigenvalue weighted by Crippen LogP contribution is 2.23. The van der Waals surface area contributed by atoms with Crippen molar-refractivity contribution in [2.75, 3.05) is 11.9 Å². The van der Waals surface area contributed by atoms with Gasteiger partial charge in [-0.15, -0.1) is 0 Å². The summed E-state index contributed by atoms with van der Waals surface area (Å²) in [5.41, 5.74) is 1.90. The number of benzene rings is 1. The van der Waals surface area contributed by atoms with Gasteiger partial charge in [-0.3, -0.25) is 4.98 Å². The molecular formula is C18H20N4OS. The Morgan fingerprint density at radius 1 is 1.25 bits per heavy atom. The first-order chi connectivity index (χ1) is 11.6. The molecule has 1 unspecified atom stereocenters. The summed E-state index contributed by atoms with van der Waals surface area (Å²) in [4.78, 5) is 16.4. The number of carbonyl (C=O) groups excluding carboxylic acids is 1. The summed E-state index contributed by atoms with van der Waals surface area (Å²) >= 11 is 1.45. The van der Waals surface area contributed by atoms with Crippen LogP contribution in [0, 0.1) is 5.92 Å². The minimum absolute atomic E-state index is 0.202. The summed E-state index contributed by atoms with van der Waals surface area (Å²) in [6.45, 7) is 4.86. The standard InChI is InChI=1S/C18H20N4OS/c1-12(2)16(13-4-3-7-19-9-13)11-20-18(23)22-15-5-6-17-14(8-15)10-21-24-17/h3-10,12,16H,11H2,1-2H3,(H2,20,22,23). The van der Waals surface area contributed by atoms with Gasteiger partial charge in [-0.25, -0.2) is 4.79 Å². The molecule has 0 saturated carbocycles. The highest BCUT2D eigenvalue weighted by molar-refractivity contribution is 7.13. The molecule has 0 spiro atoms. The molecule has 2 heterocycles. The SMILES string of the molecule is CC(C)C(CNC(=O)Nc1ccc2sncc2c1)c1cccnc1. The Labute approximate surface area is 145 Å².